The maximum absolute atomic E-state index is 13.4. The summed E-state index contributed by atoms with van der Waals surface area (Å²) < 4.78 is 51.5. The zero-order valence-corrected chi connectivity index (χ0v) is 14.8. The molecule has 0 aliphatic heterocycles. The fourth-order valence-electron chi connectivity index (χ4n) is 2.40. The van der Waals surface area contributed by atoms with Gasteiger partial charge in [-0.1, -0.05) is 0 Å². The highest BCUT2D eigenvalue weighted by atomic mass is 19.4. The van der Waals surface area contributed by atoms with Crippen LogP contribution >= 0.6 is 0 Å². The number of amides is 1. The Hall–Kier alpha value is -2.75. The number of aliphatic hydroxyl groups is 1. The number of hydrogen-bond acceptors (Lipinski definition) is 5. The first-order valence-corrected chi connectivity index (χ1v) is 7.98. The number of nitrogens with zero attached hydrogens (tertiary/aromatic N) is 2. The molecule has 0 spiro atoms. The van der Waals surface area contributed by atoms with Crippen molar-refractivity contribution in [2.24, 2.45) is 7.05 Å². The van der Waals surface area contributed by atoms with E-state index in [0.717, 1.165) is 10.8 Å². The number of benzene rings is 1. The van der Waals surface area contributed by atoms with Crippen LogP contribution in [-0.2, 0) is 17.4 Å². The van der Waals surface area contributed by atoms with E-state index in [9.17, 15) is 23.1 Å². The third-order valence-electron chi connectivity index (χ3n) is 3.83. The lowest BCUT2D eigenvalue weighted by Crippen LogP contribution is -2.48. The molecule has 2 aromatic rings. The van der Waals surface area contributed by atoms with Gasteiger partial charge in [0.2, 0.25) is 11.5 Å². The summed E-state index contributed by atoms with van der Waals surface area (Å²) >= 11 is 0. The summed E-state index contributed by atoms with van der Waals surface area (Å²) in [4.78, 5) is 15.5. The van der Waals surface area contributed by atoms with Gasteiger partial charge >= 0.3 is 6.18 Å². The van der Waals surface area contributed by atoms with Crippen LogP contribution in [0.1, 0.15) is 12.2 Å². The first kappa shape index (κ1) is 20.6. The van der Waals surface area contributed by atoms with Crippen LogP contribution in [0, 0.1) is 0 Å². The van der Waals surface area contributed by atoms with Crippen LogP contribution in [0.3, 0.4) is 0 Å². The number of aryl methyl sites for hydroxylation is 1. The molecule has 27 heavy (non-hydrogen) atoms. The Labute approximate surface area is 153 Å². The predicted molar refractivity (Wildman–Crippen MR) is 89.3 cm³/mol. The Morgan fingerprint density at radius 1 is 1.26 bits per heavy atom. The number of halogens is 3. The molecular weight excluding hydrogens is 367 g/mol. The van der Waals surface area contributed by atoms with Crippen LogP contribution in [0.2, 0.25) is 0 Å². The number of alkyl halides is 3. The van der Waals surface area contributed by atoms with Gasteiger partial charge in [0.15, 0.2) is 5.82 Å². The number of carbonyl (C=O) groups excluding carboxylic acids is 1. The number of hydrogen-bond donors (Lipinski definition) is 2. The largest absolute Gasteiger partial charge is 0.497 e. The molecule has 0 fully saturated rings. The lowest BCUT2D eigenvalue weighted by molar-refractivity contribution is -0.271. The van der Waals surface area contributed by atoms with E-state index in [-0.39, 0.29) is 13.2 Å². The van der Waals surface area contributed by atoms with Gasteiger partial charge in [-0.05, 0) is 24.3 Å². The quantitative estimate of drug-likeness (QED) is 0.675. The molecule has 10 heteroatoms. The second-order valence-corrected chi connectivity index (χ2v) is 5.77. The van der Waals surface area contributed by atoms with Crippen molar-refractivity contribution in [3.8, 4) is 11.5 Å². The molecule has 0 bridgehead atoms. The number of aromatic nitrogens is 2. The van der Waals surface area contributed by atoms with Crippen LogP contribution in [0.5, 0.6) is 11.5 Å². The van der Waals surface area contributed by atoms with E-state index in [1.54, 1.807) is 24.3 Å². The van der Waals surface area contributed by atoms with E-state index < -0.39 is 29.9 Å². The second kappa shape index (κ2) is 8.30. The highest BCUT2D eigenvalue weighted by Gasteiger charge is 2.58. The molecule has 7 nitrogen and oxygen atoms in total. The maximum atomic E-state index is 13.4. The zero-order chi connectivity index (χ0) is 20.1. The summed E-state index contributed by atoms with van der Waals surface area (Å²) in [6.45, 7) is 0.0181. The van der Waals surface area contributed by atoms with Gasteiger partial charge in [0.25, 0.3) is 0 Å². The van der Waals surface area contributed by atoms with Crippen molar-refractivity contribution in [2.45, 2.75) is 18.2 Å². The molecule has 1 amide bonds. The molecular formula is C17H20F3N3O4. The van der Waals surface area contributed by atoms with Crippen LogP contribution in [0.4, 0.5) is 13.2 Å². The normalized spacial score (nSPS) is 13.7. The molecule has 2 N–H and O–H groups in total. The fourth-order valence-corrected chi connectivity index (χ4v) is 2.40. The molecule has 0 radical (unpaired) electrons. The smallest absolute Gasteiger partial charge is 0.425 e. The SMILES string of the molecule is COc1ccc(OCCNC(=O)CC(O)(c2nccn2C)C(F)(F)F)cc1. The molecule has 0 saturated carbocycles. The van der Waals surface area contributed by atoms with Crippen LogP contribution in [0.15, 0.2) is 36.7 Å². The van der Waals surface area contributed by atoms with E-state index >= 15 is 0 Å². The van der Waals surface area contributed by atoms with Crippen LogP contribution in [0.25, 0.3) is 0 Å². The van der Waals surface area contributed by atoms with Crippen LogP contribution in [-0.4, -0.2) is 47.0 Å². The van der Waals surface area contributed by atoms with E-state index in [0.29, 0.717) is 11.5 Å². The van der Waals surface area contributed by atoms with Gasteiger partial charge in [-0.25, -0.2) is 4.98 Å². The number of methoxy groups -OCH3 is 1. The number of imidazole rings is 1. The summed E-state index contributed by atoms with van der Waals surface area (Å²) in [5, 5.41) is 12.4. The Morgan fingerprint density at radius 3 is 2.41 bits per heavy atom. The van der Waals surface area contributed by atoms with Crippen molar-refractivity contribution >= 4 is 5.91 Å². The minimum atomic E-state index is -5.07. The summed E-state index contributed by atoms with van der Waals surface area (Å²) in [6, 6.07) is 6.68. The molecule has 2 rings (SSSR count). The first-order valence-electron chi connectivity index (χ1n) is 7.98. The Morgan fingerprint density at radius 2 is 1.89 bits per heavy atom. The van der Waals surface area contributed by atoms with Gasteiger partial charge < -0.3 is 24.5 Å². The average Bonchev–Trinajstić information content (AvgIpc) is 3.04. The molecule has 1 aromatic heterocycles. The second-order valence-electron chi connectivity index (χ2n) is 5.77. The zero-order valence-electron chi connectivity index (χ0n) is 14.8. The van der Waals surface area contributed by atoms with Gasteiger partial charge in [-0.2, -0.15) is 13.2 Å². The Bertz CT molecular complexity index is 762. The average molecular weight is 387 g/mol. The molecule has 1 aromatic carbocycles. The fraction of sp³-hybridized carbons (Fsp3) is 0.412. The standard InChI is InChI=1S/C17H20F3N3O4/c1-23-9-7-22-15(23)16(25,17(18,19)20)11-14(24)21-8-10-27-13-5-3-12(26-2)4-6-13/h3-7,9,25H,8,10-11H2,1-2H3,(H,21,24). The molecule has 1 unspecified atom stereocenters. The maximum Gasteiger partial charge on any atom is 0.425 e. The number of ether oxygens (including phenoxy) is 2. The van der Waals surface area contributed by atoms with Gasteiger partial charge in [0.05, 0.1) is 20.1 Å². The molecule has 0 saturated heterocycles. The molecule has 148 valence electrons. The van der Waals surface area contributed by atoms with Gasteiger partial charge in [0.1, 0.15) is 18.1 Å². The molecule has 0 aliphatic rings. The minimum absolute atomic E-state index is 0.0284. The van der Waals surface area contributed by atoms with E-state index in [1.165, 1.54) is 20.4 Å². The van der Waals surface area contributed by atoms with Crippen LogP contribution < -0.4 is 14.8 Å². The third-order valence-corrected chi connectivity index (χ3v) is 3.83. The Balaban J connectivity index is 1.90. The van der Waals surface area contributed by atoms with Gasteiger partial charge in [0, 0.05) is 19.4 Å². The number of nitrogens with one attached hydrogen (secondary N) is 1. The third kappa shape index (κ3) is 4.91. The van der Waals surface area contributed by atoms with Crippen molar-refractivity contribution in [1.29, 1.82) is 0 Å². The van der Waals surface area contributed by atoms with Crippen molar-refractivity contribution in [2.75, 3.05) is 20.3 Å². The van der Waals surface area contributed by atoms with E-state index in [4.69, 9.17) is 9.47 Å². The van der Waals surface area contributed by atoms with Gasteiger partial charge in [-0.15, -0.1) is 0 Å². The summed E-state index contributed by atoms with van der Waals surface area (Å²) in [5.41, 5.74) is -3.38. The molecule has 1 heterocycles. The minimum Gasteiger partial charge on any atom is -0.497 e. The van der Waals surface area contributed by atoms with Crippen molar-refractivity contribution < 1.29 is 32.5 Å². The predicted octanol–water partition coefficient (Wildman–Crippen LogP) is 1.76. The molecule has 0 aliphatic carbocycles. The topological polar surface area (TPSA) is 85.6 Å². The monoisotopic (exact) mass is 387 g/mol. The lowest BCUT2D eigenvalue weighted by atomic mass is 9.97. The van der Waals surface area contributed by atoms with Gasteiger partial charge in [-0.3, -0.25) is 4.79 Å². The highest BCUT2D eigenvalue weighted by Crippen LogP contribution is 2.40. The summed E-state index contributed by atoms with van der Waals surface area (Å²) in [7, 11) is 2.83. The van der Waals surface area contributed by atoms with Crippen molar-refractivity contribution in [3.63, 3.8) is 0 Å². The lowest BCUT2D eigenvalue weighted by Gasteiger charge is -2.29. The highest BCUT2D eigenvalue weighted by molar-refractivity contribution is 5.77. The number of rotatable bonds is 8. The van der Waals surface area contributed by atoms with Crippen molar-refractivity contribution in [1.82, 2.24) is 14.9 Å². The Kier molecular flexibility index (Phi) is 6.32. The van der Waals surface area contributed by atoms with Crippen molar-refractivity contribution in [3.05, 3.63) is 42.5 Å². The summed E-state index contributed by atoms with van der Waals surface area (Å²) in [5.74, 6) is -0.461. The molecule has 1 atom stereocenters. The van der Waals surface area contributed by atoms with E-state index in [2.05, 4.69) is 10.3 Å². The number of carbonyl (C=O) groups is 1. The summed E-state index contributed by atoms with van der Waals surface area (Å²) in [6.07, 6.45) is -3.90. The first-order chi connectivity index (χ1) is 12.7. The van der Waals surface area contributed by atoms with E-state index in [1.807, 2.05) is 0 Å².